The number of nitrogens with two attached hydrogens (primary N) is 1. The van der Waals surface area contributed by atoms with Gasteiger partial charge in [-0.15, -0.1) is 0 Å². The number of nitrogens with zero attached hydrogens (tertiary/aromatic N) is 4. The van der Waals surface area contributed by atoms with Crippen molar-refractivity contribution in [3.8, 4) is 5.88 Å². The number of ether oxygens (including phenoxy) is 1. The molecular weight excluding hydrogens is 266 g/mol. The predicted molar refractivity (Wildman–Crippen MR) is 84.4 cm³/mol. The summed E-state index contributed by atoms with van der Waals surface area (Å²) in [6, 6.07) is 0. The number of guanidine groups is 1. The van der Waals surface area contributed by atoms with E-state index in [1.807, 2.05) is 7.05 Å². The van der Waals surface area contributed by atoms with Crippen molar-refractivity contribution in [1.82, 2.24) is 14.7 Å². The van der Waals surface area contributed by atoms with Crippen LogP contribution in [0.5, 0.6) is 5.88 Å². The van der Waals surface area contributed by atoms with Gasteiger partial charge in [0.1, 0.15) is 0 Å². The molecule has 2 rings (SSSR count). The van der Waals surface area contributed by atoms with Crippen LogP contribution in [-0.4, -0.2) is 40.8 Å². The van der Waals surface area contributed by atoms with E-state index in [1.165, 1.54) is 12.8 Å². The molecule has 21 heavy (non-hydrogen) atoms. The zero-order chi connectivity index (χ0) is 15.4. The molecule has 0 aromatic carbocycles. The third-order valence-electron chi connectivity index (χ3n) is 4.08. The number of hydrogen-bond acceptors (Lipinski definition) is 3. The van der Waals surface area contributed by atoms with Gasteiger partial charge < -0.3 is 15.4 Å². The molecule has 2 N–H and O–H groups in total. The maximum atomic E-state index is 6.16. The third-order valence-corrected chi connectivity index (χ3v) is 4.08. The van der Waals surface area contributed by atoms with Gasteiger partial charge in [0.2, 0.25) is 5.88 Å². The van der Waals surface area contributed by atoms with Gasteiger partial charge in [-0.25, -0.2) is 9.67 Å². The topological polar surface area (TPSA) is 68.7 Å². The largest absolute Gasteiger partial charge is 0.481 e. The molecule has 6 nitrogen and oxygen atoms in total. The molecule has 1 fully saturated rings. The van der Waals surface area contributed by atoms with Gasteiger partial charge >= 0.3 is 0 Å². The van der Waals surface area contributed by atoms with Crippen LogP contribution >= 0.6 is 0 Å². The summed E-state index contributed by atoms with van der Waals surface area (Å²) in [5, 5.41) is 4.47. The van der Waals surface area contributed by atoms with Crippen LogP contribution in [0.4, 0.5) is 0 Å². The van der Waals surface area contributed by atoms with Crippen molar-refractivity contribution in [2.75, 3.05) is 20.2 Å². The van der Waals surface area contributed by atoms with E-state index < -0.39 is 0 Å². The van der Waals surface area contributed by atoms with Crippen molar-refractivity contribution >= 4 is 5.96 Å². The highest BCUT2D eigenvalue weighted by molar-refractivity contribution is 5.78. The Morgan fingerprint density at radius 1 is 1.52 bits per heavy atom. The van der Waals surface area contributed by atoms with Crippen molar-refractivity contribution in [2.45, 2.75) is 39.7 Å². The normalized spacial score (nSPS) is 19.9. The van der Waals surface area contributed by atoms with E-state index >= 15 is 0 Å². The summed E-state index contributed by atoms with van der Waals surface area (Å²) in [7, 11) is 3.56. The molecule has 0 radical (unpaired) electrons. The van der Waals surface area contributed by atoms with Crippen LogP contribution in [0, 0.1) is 5.92 Å². The van der Waals surface area contributed by atoms with Crippen LogP contribution in [-0.2, 0) is 20.0 Å². The molecule has 1 aliphatic heterocycles. The summed E-state index contributed by atoms with van der Waals surface area (Å²) in [4.78, 5) is 6.75. The predicted octanol–water partition coefficient (Wildman–Crippen LogP) is 1.54. The summed E-state index contributed by atoms with van der Waals surface area (Å²) < 4.78 is 7.20. The van der Waals surface area contributed by atoms with Crippen LogP contribution in [0.1, 0.15) is 37.9 Å². The van der Waals surface area contributed by atoms with Gasteiger partial charge in [-0.1, -0.05) is 13.8 Å². The number of piperidine rings is 1. The van der Waals surface area contributed by atoms with Gasteiger partial charge in [-0.05, 0) is 25.2 Å². The van der Waals surface area contributed by atoms with Crippen molar-refractivity contribution in [3.05, 3.63) is 11.3 Å². The Hall–Kier alpha value is -1.72. The molecular formula is C15H27N5O. The summed E-state index contributed by atoms with van der Waals surface area (Å²) in [5.74, 6) is 2.09. The number of hydrogen-bond donors (Lipinski definition) is 1. The van der Waals surface area contributed by atoms with Gasteiger partial charge in [-0.3, -0.25) is 0 Å². The Kier molecular flexibility index (Phi) is 5.09. The van der Waals surface area contributed by atoms with E-state index in [0.717, 1.165) is 36.6 Å². The molecule has 118 valence electrons. The van der Waals surface area contributed by atoms with Crippen molar-refractivity contribution in [3.63, 3.8) is 0 Å². The molecule has 1 aromatic heterocycles. The maximum Gasteiger partial charge on any atom is 0.216 e. The second kappa shape index (κ2) is 6.83. The Morgan fingerprint density at radius 3 is 2.90 bits per heavy atom. The zero-order valence-corrected chi connectivity index (χ0v) is 13.6. The zero-order valence-electron chi connectivity index (χ0n) is 13.6. The SMILES string of the molecule is CCc1nn(C)c(OC)c1CN=C(N)N1CCCC(C)C1. The number of likely N-dealkylation sites (tertiary alicyclic amines) is 1. The second-order valence-electron chi connectivity index (χ2n) is 5.78. The Bertz CT molecular complexity index is 508. The minimum Gasteiger partial charge on any atom is -0.481 e. The highest BCUT2D eigenvalue weighted by atomic mass is 16.5. The lowest BCUT2D eigenvalue weighted by Crippen LogP contribution is -2.43. The highest BCUT2D eigenvalue weighted by Gasteiger charge is 2.19. The monoisotopic (exact) mass is 293 g/mol. The van der Waals surface area contributed by atoms with Gasteiger partial charge in [0.25, 0.3) is 0 Å². The first-order chi connectivity index (χ1) is 10.1. The quantitative estimate of drug-likeness (QED) is 0.675. The number of aromatic nitrogens is 2. The number of methoxy groups -OCH3 is 1. The van der Waals surface area contributed by atoms with E-state index in [4.69, 9.17) is 10.5 Å². The standard InChI is InChI=1S/C15H27N5O/c1-5-13-12(14(21-4)19(3)18-13)9-17-15(16)20-8-6-7-11(2)10-20/h11H,5-10H2,1-4H3,(H2,16,17). The molecule has 1 aliphatic rings. The lowest BCUT2D eigenvalue weighted by molar-refractivity contribution is 0.270. The van der Waals surface area contributed by atoms with Crippen LogP contribution in [0.15, 0.2) is 4.99 Å². The molecule has 0 saturated carbocycles. The average molecular weight is 293 g/mol. The van der Waals surface area contributed by atoms with Crippen molar-refractivity contribution in [2.24, 2.45) is 23.7 Å². The lowest BCUT2D eigenvalue weighted by atomic mass is 10.0. The molecule has 0 amide bonds. The van der Waals surface area contributed by atoms with Gasteiger partial charge in [-0.2, -0.15) is 5.10 Å². The number of rotatable bonds is 4. The fraction of sp³-hybridized carbons (Fsp3) is 0.733. The molecule has 1 unspecified atom stereocenters. The van der Waals surface area contributed by atoms with Gasteiger partial charge in [0.15, 0.2) is 5.96 Å². The van der Waals surface area contributed by atoms with Crippen LogP contribution in [0.2, 0.25) is 0 Å². The fourth-order valence-electron chi connectivity index (χ4n) is 2.96. The third kappa shape index (κ3) is 3.49. The minimum absolute atomic E-state index is 0.525. The first-order valence-corrected chi connectivity index (χ1v) is 7.70. The fourth-order valence-corrected chi connectivity index (χ4v) is 2.96. The molecule has 0 bridgehead atoms. The highest BCUT2D eigenvalue weighted by Crippen LogP contribution is 2.23. The van der Waals surface area contributed by atoms with E-state index in [2.05, 4.69) is 28.8 Å². The molecule has 1 aromatic rings. The van der Waals surface area contributed by atoms with Crippen LogP contribution in [0.3, 0.4) is 0 Å². The summed E-state index contributed by atoms with van der Waals surface area (Å²) in [6.45, 7) is 6.88. The summed E-state index contributed by atoms with van der Waals surface area (Å²) in [5.41, 5.74) is 8.22. The second-order valence-corrected chi connectivity index (χ2v) is 5.78. The average Bonchev–Trinajstić information content (AvgIpc) is 2.79. The minimum atomic E-state index is 0.525. The van der Waals surface area contributed by atoms with Crippen LogP contribution < -0.4 is 10.5 Å². The smallest absolute Gasteiger partial charge is 0.216 e. The summed E-state index contributed by atoms with van der Waals surface area (Å²) in [6.07, 6.45) is 3.33. The number of aryl methyl sites for hydroxylation is 2. The first kappa shape index (κ1) is 15.7. The van der Waals surface area contributed by atoms with Crippen molar-refractivity contribution < 1.29 is 4.74 Å². The maximum absolute atomic E-state index is 6.16. The van der Waals surface area contributed by atoms with Crippen molar-refractivity contribution in [1.29, 1.82) is 0 Å². The summed E-state index contributed by atoms with van der Waals surface area (Å²) >= 11 is 0. The van der Waals surface area contributed by atoms with E-state index in [-0.39, 0.29) is 0 Å². The Labute approximate surface area is 127 Å². The first-order valence-electron chi connectivity index (χ1n) is 7.70. The molecule has 2 heterocycles. The van der Waals surface area contributed by atoms with E-state index in [0.29, 0.717) is 18.4 Å². The molecule has 6 heteroatoms. The van der Waals surface area contributed by atoms with E-state index in [1.54, 1.807) is 11.8 Å². The Balaban J connectivity index is 2.12. The molecule has 0 spiro atoms. The van der Waals surface area contributed by atoms with E-state index in [9.17, 15) is 0 Å². The van der Waals surface area contributed by atoms with Gasteiger partial charge in [0, 0.05) is 20.1 Å². The molecule has 1 saturated heterocycles. The molecule has 0 aliphatic carbocycles. The van der Waals surface area contributed by atoms with Gasteiger partial charge in [0.05, 0.1) is 24.9 Å². The Morgan fingerprint density at radius 2 is 2.29 bits per heavy atom. The number of aliphatic imine (C=N–C) groups is 1. The molecule has 1 atom stereocenters. The lowest BCUT2D eigenvalue weighted by Gasteiger charge is -2.31. The van der Waals surface area contributed by atoms with Crippen LogP contribution in [0.25, 0.3) is 0 Å².